The Morgan fingerprint density at radius 3 is 0.684 bits per heavy atom. The molecule has 0 aromatic heterocycles. The highest BCUT2D eigenvalue weighted by Crippen LogP contribution is 2.33. The molecule has 76 heavy (non-hydrogen) atoms. The molecule has 0 heterocycles. The minimum absolute atomic E-state index is 0.121. The minimum atomic E-state index is -4.65. The molecule has 390 valence electrons. The van der Waals surface area contributed by atoms with Crippen LogP contribution in [0.25, 0.3) is 0 Å². The Kier molecular flexibility index (Phi) is 20.2. The van der Waals surface area contributed by atoms with E-state index in [-0.39, 0.29) is 19.8 Å². The molecule has 0 aliphatic carbocycles. The molecular formula is C63H68O9Si4. The number of carbonyl (C=O) groups is 3. The molecule has 7 aromatic carbocycles. The summed E-state index contributed by atoms with van der Waals surface area (Å²) < 4.78 is 43.8. The summed E-state index contributed by atoms with van der Waals surface area (Å²) in [5.41, 5.74) is 0.953. The lowest BCUT2D eigenvalue weighted by molar-refractivity contribution is -0.139. The van der Waals surface area contributed by atoms with Crippen LogP contribution < -0.4 is 36.3 Å². The third-order valence-electron chi connectivity index (χ3n) is 13.3. The number of benzene rings is 7. The van der Waals surface area contributed by atoms with Gasteiger partial charge in [-0.3, -0.25) is 0 Å². The average Bonchev–Trinajstić information content (AvgIpc) is 3.53. The van der Waals surface area contributed by atoms with Crippen molar-refractivity contribution in [2.75, 3.05) is 19.8 Å². The van der Waals surface area contributed by atoms with Crippen molar-refractivity contribution in [3.8, 4) is 0 Å². The number of esters is 3. The maximum absolute atomic E-state index is 13.0. The second-order valence-corrected chi connectivity index (χ2v) is 33.0. The van der Waals surface area contributed by atoms with E-state index in [1.54, 1.807) is 20.8 Å². The van der Waals surface area contributed by atoms with Gasteiger partial charge in [0.1, 0.15) is 0 Å². The van der Waals surface area contributed by atoms with Crippen LogP contribution in [-0.2, 0) is 40.9 Å². The van der Waals surface area contributed by atoms with Gasteiger partial charge in [0.25, 0.3) is 0 Å². The van der Waals surface area contributed by atoms with Crippen LogP contribution in [0.3, 0.4) is 0 Å². The molecule has 7 rings (SSSR count). The summed E-state index contributed by atoms with van der Waals surface area (Å²) in [5, 5.41) is 6.61. The van der Waals surface area contributed by atoms with Gasteiger partial charge >= 0.3 is 26.7 Å². The molecule has 0 spiro atoms. The highest BCUT2D eigenvalue weighted by molar-refractivity contribution is 7.10. The molecule has 0 radical (unpaired) electrons. The molecule has 0 aliphatic heterocycles. The predicted molar refractivity (Wildman–Crippen MR) is 314 cm³/mol. The van der Waals surface area contributed by atoms with Gasteiger partial charge in [0.05, 0.1) is 19.8 Å². The van der Waals surface area contributed by atoms with Crippen LogP contribution in [0.4, 0.5) is 0 Å². The summed E-state index contributed by atoms with van der Waals surface area (Å²) in [6.07, 6.45) is 1.32. The zero-order chi connectivity index (χ0) is 53.9. The molecule has 7 aromatic rings. The molecule has 0 saturated carbocycles. The molecular weight excluding hydrogens is 1010 g/mol. The molecule has 0 atom stereocenters. The van der Waals surface area contributed by atoms with E-state index in [1.165, 1.54) is 0 Å². The van der Waals surface area contributed by atoms with Crippen molar-refractivity contribution in [1.29, 1.82) is 0 Å². The fourth-order valence-electron chi connectivity index (χ4n) is 9.51. The molecule has 0 aliphatic rings. The fourth-order valence-corrected chi connectivity index (χ4v) is 31.8. The molecule has 0 saturated heterocycles. The van der Waals surface area contributed by atoms with Gasteiger partial charge in [-0.25, -0.2) is 14.4 Å². The normalized spacial score (nSPS) is 11.8. The van der Waals surface area contributed by atoms with Gasteiger partial charge in [0.2, 0.25) is 25.0 Å². The van der Waals surface area contributed by atoms with Crippen molar-refractivity contribution in [3.05, 3.63) is 249 Å². The zero-order valence-corrected chi connectivity index (χ0v) is 47.9. The number of hydrogen-bond donors (Lipinski definition) is 0. The van der Waals surface area contributed by atoms with Gasteiger partial charge in [-0.05, 0) is 89.3 Å². The Bertz CT molecular complexity index is 2590. The molecule has 0 bridgehead atoms. The first kappa shape index (κ1) is 56.6. The fraction of sp³-hybridized carbons (Fsp3) is 0.190. The minimum Gasteiger partial charge on any atom is -0.462 e. The van der Waals surface area contributed by atoms with E-state index < -0.39 is 51.7 Å². The van der Waals surface area contributed by atoms with Gasteiger partial charge < -0.3 is 26.6 Å². The van der Waals surface area contributed by atoms with Crippen LogP contribution in [0.2, 0.25) is 18.1 Å². The van der Waals surface area contributed by atoms with Crippen molar-refractivity contribution in [2.24, 2.45) is 0 Å². The van der Waals surface area contributed by atoms with Gasteiger partial charge in [-0.1, -0.05) is 232 Å². The molecule has 9 nitrogen and oxygen atoms in total. The lowest BCUT2D eigenvalue weighted by atomic mass is 10.4. The monoisotopic (exact) mass is 1080 g/mol. The Morgan fingerprint density at radius 2 is 0.500 bits per heavy atom. The van der Waals surface area contributed by atoms with Crippen molar-refractivity contribution in [3.63, 3.8) is 0 Å². The molecule has 13 heteroatoms. The summed E-state index contributed by atoms with van der Waals surface area (Å²) in [6, 6.07) is 73.6. The molecule has 0 N–H and O–H groups in total. The number of ether oxygens (including phenoxy) is 3. The summed E-state index contributed by atoms with van der Waals surface area (Å²) in [7, 11) is -15.8. The van der Waals surface area contributed by atoms with Crippen molar-refractivity contribution >= 4 is 88.0 Å². The van der Waals surface area contributed by atoms with Gasteiger partial charge in [-0.15, -0.1) is 0 Å². The molecule has 0 unspecified atom stereocenters. The number of rotatable bonds is 28. The second-order valence-electron chi connectivity index (χ2n) is 19.0. The Balaban J connectivity index is 1.61. The third kappa shape index (κ3) is 13.8. The Hall–Kier alpha value is -7.08. The summed E-state index contributed by atoms with van der Waals surface area (Å²) in [6.45, 7) is 16.8. The first-order chi connectivity index (χ1) is 36.8. The third-order valence-corrected chi connectivity index (χ3v) is 32.5. The maximum atomic E-state index is 13.0. The summed E-state index contributed by atoms with van der Waals surface area (Å²) >= 11 is 0. The lowest BCUT2D eigenvalue weighted by Crippen LogP contribution is -2.80. The summed E-state index contributed by atoms with van der Waals surface area (Å²) in [5.74, 6) is -1.38. The zero-order valence-electron chi connectivity index (χ0n) is 43.9. The predicted octanol–water partition coefficient (Wildman–Crippen LogP) is 8.69. The standard InChI is InChI=1S/C63H68O9Si4/c1-51(2)61(64)67-45-28-48-73(54-31-14-7-15-32-54,55-33-16-8-17-34-55)70-76(60-43-26-13-27-44-60,71-74(56-35-18-9-19-36-56,57-37-20-10-21-38-57)49-29-46-68-62(65)52(3)4)72-75(58-39-22-11-23-40-58,59-41-24-12-25-42-59)50-30-47-69-63(66)53(5)6/h7-27,31-44H,1,3,5,28-30,45-50H2,2,4,6H3. The van der Waals surface area contributed by atoms with Crippen LogP contribution in [0, 0.1) is 0 Å². The highest BCUT2D eigenvalue weighted by atomic mass is 28.5. The van der Waals surface area contributed by atoms with Crippen molar-refractivity contribution in [1.82, 2.24) is 0 Å². The maximum Gasteiger partial charge on any atom is 0.507 e. The average molecular weight is 1080 g/mol. The van der Waals surface area contributed by atoms with Crippen LogP contribution in [0.5, 0.6) is 0 Å². The van der Waals surface area contributed by atoms with E-state index in [0.717, 1.165) is 36.3 Å². The van der Waals surface area contributed by atoms with E-state index in [2.05, 4.69) is 105 Å². The van der Waals surface area contributed by atoms with E-state index in [0.29, 0.717) is 54.1 Å². The number of carbonyl (C=O) groups excluding carboxylic acids is 3. The van der Waals surface area contributed by atoms with Crippen LogP contribution >= 0.6 is 0 Å². The van der Waals surface area contributed by atoms with Crippen LogP contribution in [-0.4, -0.2) is 71.5 Å². The van der Waals surface area contributed by atoms with Gasteiger partial charge in [-0.2, -0.15) is 0 Å². The smallest absolute Gasteiger partial charge is 0.462 e. The van der Waals surface area contributed by atoms with Crippen molar-refractivity contribution < 1.29 is 40.9 Å². The van der Waals surface area contributed by atoms with Gasteiger partial charge in [0.15, 0.2) is 0 Å². The second kappa shape index (κ2) is 27.1. The van der Waals surface area contributed by atoms with Crippen LogP contribution in [0.1, 0.15) is 40.0 Å². The first-order valence-corrected chi connectivity index (χ1v) is 33.9. The van der Waals surface area contributed by atoms with E-state index in [1.807, 2.05) is 127 Å². The summed E-state index contributed by atoms with van der Waals surface area (Å²) in [4.78, 5) is 39.0. The highest BCUT2D eigenvalue weighted by Gasteiger charge is 2.62. The first-order valence-electron chi connectivity index (χ1n) is 25.8. The lowest BCUT2D eigenvalue weighted by Gasteiger charge is -2.49. The SMILES string of the molecule is C=C(C)C(=O)OCCC[Si](O[Si](O[Si](CCCOC(=O)C(=C)C)(c1ccccc1)c1ccccc1)(O[Si](CCCOC(=O)C(=C)C)(c1ccccc1)c1ccccc1)c1ccccc1)(c1ccccc1)c1ccccc1. The topological polar surface area (TPSA) is 107 Å². The van der Waals surface area contributed by atoms with Gasteiger partial charge in [0, 0.05) is 21.9 Å². The van der Waals surface area contributed by atoms with E-state index in [4.69, 9.17) is 26.6 Å². The Morgan fingerprint density at radius 1 is 0.316 bits per heavy atom. The van der Waals surface area contributed by atoms with E-state index >= 15 is 0 Å². The van der Waals surface area contributed by atoms with E-state index in [9.17, 15) is 14.4 Å². The Labute approximate surface area is 453 Å². The number of hydrogen-bond acceptors (Lipinski definition) is 9. The van der Waals surface area contributed by atoms with Crippen molar-refractivity contribution in [2.45, 2.75) is 58.2 Å². The molecule has 0 fully saturated rings. The van der Waals surface area contributed by atoms with Crippen LogP contribution in [0.15, 0.2) is 249 Å². The quantitative estimate of drug-likeness (QED) is 0.0157. The molecule has 0 amide bonds. The largest absolute Gasteiger partial charge is 0.507 e.